The van der Waals surface area contributed by atoms with Crippen molar-refractivity contribution in [1.29, 1.82) is 0 Å². The normalized spacial score (nSPS) is 16.8. The van der Waals surface area contributed by atoms with Crippen LogP contribution in [0.1, 0.15) is 28.2 Å². The van der Waals surface area contributed by atoms with Crippen LogP contribution in [-0.2, 0) is 11.3 Å². The zero-order valence-corrected chi connectivity index (χ0v) is 12.5. The minimum atomic E-state index is -0.362. The maximum absolute atomic E-state index is 12.9. The number of aryl methyl sites for hydroxylation is 1. The van der Waals surface area contributed by atoms with E-state index in [2.05, 4.69) is 25.4 Å². The second kappa shape index (κ2) is 6.55. The van der Waals surface area contributed by atoms with Gasteiger partial charge in [-0.1, -0.05) is 22.4 Å². The Labute approximate surface area is 131 Å². The van der Waals surface area contributed by atoms with Crippen molar-refractivity contribution in [2.75, 3.05) is 6.54 Å². The number of rotatable bonds is 5. The third-order valence-electron chi connectivity index (χ3n) is 3.47. The van der Waals surface area contributed by atoms with Crippen molar-refractivity contribution in [3.63, 3.8) is 0 Å². The highest BCUT2D eigenvalue weighted by molar-refractivity contribution is 5.93. The lowest BCUT2D eigenvalue weighted by Crippen LogP contribution is -2.32. The average molecular weight is 318 g/mol. The van der Waals surface area contributed by atoms with Gasteiger partial charge in [0.2, 0.25) is 0 Å². The number of aromatic nitrogens is 2. The quantitative estimate of drug-likeness (QED) is 0.905. The van der Waals surface area contributed by atoms with Gasteiger partial charge in [-0.15, -0.1) is 0 Å². The SMILES string of the molecule is Cc1nonc1C(=O)NCC1CC(Cc2ccc(F)cc2)=NO1. The zero-order valence-electron chi connectivity index (χ0n) is 12.5. The Bertz CT molecular complexity index is 727. The summed E-state index contributed by atoms with van der Waals surface area (Å²) in [5.74, 6) is -0.629. The molecular formula is C15H15FN4O3. The lowest BCUT2D eigenvalue weighted by molar-refractivity contribution is 0.0748. The molecular weight excluding hydrogens is 303 g/mol. The van der Waals surface area contributed by atoms with Gasteiger partial charge in [0.15, 0.2) is 5.69 Å². The highest BCUT2D eigenvalue weighted by Gasteiger charge is 2.23. The van der Waals surface area contributed by atoms with Crippen LogP contribution in [0.15, 0.2) is 34.1 Å². The standard InChI is InChI=1S/C15H15FN4O3/c1-9-14(20-23-18-9)15(21)17-8-13-7-12(19-22-13)6-10-2-4-11(16)5-3-10/h2-5,13H,6-8H2,1H3,(H,17,21). The third-order valence-corrected chi connectivity index (χ3v) is 3.47. The maximum atomic E-state index is 12.9. The van der Waals surface area contributed by atoms with Crippen LogP contribution in [0.5, 0.6) is 0 Å². The van der Waals surface area contributed by atoms with Crippen molar-refractivity contribution >= 4 is 11.6 Å². The summed E-state index contributed by atoms with van der Waals surface area (Å²) in [4.78, 5) is 17.2. The predicted molar refractivity (Wildman–Crippen MR) is 78.4 cm³/mol. The highest BCUT2D eigenvalue weighted by Crippen LogP contribution is 2.14. The van der Waals surface area contributed by atoms with Crippen LogP contribution in [0.4, 0.5) is 4.39 Å². The highest BCUT2D eigenvalue weighted by atomic mass is 19.1. The van der Waals surface area contributed by atoms with E-state index in [9.17, 15) is 9.18 Å². The summed E-state index contributed by atoms with van der Waals surface area (Å²) in [5, 5.41) is 13.8. The van der Waals surface area contributed by atoms with E-state index in [-0.39, 0.29) is 23.5 Å². The fourth-order valence-corrected chi connectivity index (χ4v) is 2.27. The summed E-state index contributed by atoms with van der Waals surface area (Å²) in [6.07, 6.45) is 0.972. The van der Waals surface area contributed by atoms with E-state index in [0.29, 0.717) is 25.1 Å². The summed E-state index contributed by atoms with van der Waals surface area (Å²) in [7, 11) is 0. The summed E-state index contributed by atoms with van der Waals surface area (Å²) in [6, 6.07) is 6.26. The molecule has 1 amide bonds. The lowest BCUT2D eigenvalue weighted by Gasteiger charge is -2.08. The molecule has 1 aliphatic rings. The van der Waals surface area contributed by atoms with Gasteiger partial charge in [0, 0.05) is 12.8 Å². The maximum Gasteiger partial charge on any atom is 0.275 e. The van der Waals surface area contributed by atoms with Crippen molar-refractivity contribution < 1.29 is 18.7 Å². The number of oxime groups is 1. The Morgan fingerprint density at radius 1 is 1.35 bits per heavy atom. The number of halogens is 1. The number of hydrogen-bond acceptors (Lipinski definition) is 6. The van der Waals surface area contributed by atoms with Gasteiger partial charge in [0.05, 0.1) is 12.3 Å². The first-order valence-corrected chi connectivity index (χ1v) is 7.15. The Morgan fingerprint density at radius 3 is 2.83 bits per heavy atom. The molecule has 2 heterocycles. The molecule has 23 heavy (non-hydrogen) atoms. The zero-order chi connectivity index (χ0) is 16.2. The van der Waals surface area contributed by atoms with Gasteiger partial charge in [0.1, 0.15) is 17.6 Å². The van der Waals surface area contributed by atoms with Crippen molar-refractivity contribution in [2.45, 2.75) is 25.9 Å². The molecule has 1 aliphatic heterocycles. The van der Waals surface area contributed by atoms with Crippen LogP contribution < -0.4 is 5.32 Å². The number of benzene rings is 1. The summed E-state index contributed by atoms with van der Waals surface area (Å²) < 4.78 is 17.4. The Hall–Kier alpha value is -2.77. The Kier molecular flexibility index (Phi) is 4.31. The molecule has 1 aromatic carbocycles. The van der Waals surface area contributed by atoms with Crippen LogP contribution >= 0.6 is 0 Å². The molecule has 0 aliphatic carbocycles. The average Bonchev–Trinajstić information content (AvgIpc) is 3.16. The second-order valence-electron chi connectivity index (χ2n) is 5.30. The molecule has 1 unspecified atom stereocenters. The third kappa shape index (κ3) is 3.71. The van der Waals surface area contributed by atoms with Gasteiger partial charge < -0.3 is 10.2 Å². The van der Waals surface area contributed by atoms with E-state index in [1.807, 2.05) is 0 Å². The molecule has 7 nitrogen and oxygen atoms in total. The first-order chi connectivity index (χ1) is 11.1. The van der Waals surface area contributed by atoms with Crippen LogP contribution in [0.2, 0.25) is 0 Å². The molecule has 2 aromatic rings. The number of carbonyl (C=O) groups excluding carboxylic acids is 1. The van der Waals surface area contributed by atoms with Gasteiger partial charge in [-0.3, -0.25) is 4.79 Å². The largest absolute Gasteiger partial charge is 0.390 e. The van der Waals surface area contributed by atoms with E-state index in [4.69, 9.17) is 4.84 Å². The fourth-order valence-electron chi connectivity index (χ4n) is 2.27. The smallest absolute Gasteiger partial charge is 0.275 e. The second-order valence-corrected chi connectivity index (χ2v) is 5.30. The summed E-state index contributed by atoms with van der Waals surface area (Å²) in [6.45, 7) is 1.95. The van der Waals surface area contributed by atoms with Gasteiger partial charge in [-0.05, 0) is 29.8 Å². The van der Waals surface area contributed by atoms with Gasteiger partial charge >= 0.3 is 0 Å². The van der Waals surface area contributed by atoms with Crippen molar-refractivity contribution in [1.82, 2.24) is 15.6 Å². The van der Waals surface area contributed by atoms with Gasteiger partial charge in [-0.25, -0.2) is 9.02 Å². The van der Waals surface area contributed by atoms with E-state index in [0.717, 1.165) is 11.3 Å². The molecule has 0 bridgehead atoms. The van der Waals surface area contributed by atoms with Crippen molar-refractivity contribution in [3.05, 3.63) is 47.0 Å². The van der Waals surface area contributed by atoms with E-state index >= 15 is 0 Å². The van der Waals surface area contributed by atoms with Crippen LogP contribution in [-0.4, -0.2) is 34.6 Å². The van der Waals surface area contributed by atoms with Crippen LogP contribution in [0.3, 0.4) is 0 Å². The summed E-state index contributed by atoms with van der Waals surface area (Å²) >= 11 is 0. The van der Waals surface area contributed by atoms with E-state index in [1.54, 1.807) is 19.1 Å². The molecule has 0 fully saturated rings. The molecule has 0 saturated carbocycles. The van der Waals surface area contributed by atoms with Crippen LogP contribution in [0.25, 0.3) is 0 Å². The Balaban J connectivity index is 1.47. The molecule has 0 saturated heterocycles. The minimum Gasteiger partial charge on any atom is -0.390 e. The molecule has 120 valence electrons. The molecule has 1 N–H and O–H groups in total. The Morgan fingerprint density at radius 2 is 2.13 bits per heavy atom. The summed E-state index contributed by atoms with van der Waals surface area (Å²) in [5.41, 5.74) is 2.41. The number of amides is 1. The molecule has 1 atom stereocenters. The molecule has 3 rings (SSSR count). The first kappa shape index (κ1) is 15.1. The van der Waals surface area contributed by atoms with E-state index < -0.39 is 0 Å². The van der Waals surface area contributed by atoms with Gasteiger partial charge in [-0.2, -0.15) is 0 Å². The minimum absolute atomic E-state index is 0.162. The monoisotopic (exact) mass is 318 g/mol. The van der Waals surface area contributed by atoms with E-state index in [1.165, 1.54) is 12.1 Å². The first-order valence-electron chi connectivity index (χ1n) is 7.15. The molecule has 0 radical (unpaired) electrons. The van der Waals surface area contributed by atoms with Crippen molar-refractivity contribution in [3.8, 4) is 0 Å². The lowest BCUT2D eigenvalue weighted by atomic mass is 10.0. The predicted octanol–water partition coefficient (Wildman–Crippen LogP) is 1.63. The van der Waals surface area contributed by atoms with Crippen molar-refractivity contribution in [2.24, 2.45) is 5.16 Å². The molecule has 8 heteroatoms. The van der Waals surface area contributed by atoms with Crippen LogP contribution in [0, 0.1) is 12.7 Å². The fraction of sp³-hybridized carbons (Fsp3) is 0.333. The topological polar surface area (TPSA) is 89.6 Å². The number of carbonyl (C=O) groups is 1. The number of nitrogens with zero attached hydrogens (tertiary/aromatic N) is 3. The van der Waals surface area contributed by atoms with Gasteiger partial charge in [0.25, 0.3) is 5.91 Å². The number of hydrogen-bond donors (Lipinski definition) is 1. The molecule has 0 spiro atoms. The number of nitrogens with one attached hydrogen (secondary N) is 1. The molecule has 1 aromatic heterocycles.